The summed E-state index contributed by atoms with van der Waals surface area (Å²) < 4.78 is 32.9. The Morgan fingerprint density at radius 2 is 0.873 bits per heavy atom. The van der Waals surface area contributed by atoms with Crippen molar-refractivity contribution < 1.29 is 37.6 Å². The van der Waals surface area contributed by atoms with Gasteiger partial charge in [-0.2, -0.15) is 0 Å². The van der Waals surface area contributed by atoms with Gasteiger partial charge in [0.15, 0.2) is 6.10 Å². The molecule has 63 heavy (non-hydrogen) atoms. The lowest BCUT2D eigenvalue weighted by Gasteiger charge is -2.19. The first kappa shape index (κ1) is 59.9. The van der Waals surface area contributed by atoms with Crippen LogP contribution in [-0.4, -0.2) is 49.3 Å². The number of allylic oxidation sites excluding steroid dienone is 16. The van der Waals surface area contributed by atoms with E-state index < -0.39 is 32.5 Å². The molecule has 3 N–H and O–H groups in total. The van der Waals surface area contributed by atoms with Gasteiger partial charge in [0.2, 0.25) is 0 Å². The van der Waals surface area contributed by atoms with Crippen LogP contribution >= 0.6 is 7.82 Å². The molecule has 0 aliphatic rings. The Bertz CT molecular complexity index is 1350. The van der Waals surface area contributed by atoms with E-state index in [0.29, 0.717) is 6.42 Å². The summed E-state index contributed by atoms with van der Waals surface area (Å²) in [6.07, 6.45) is 62.9. The van der Waals surface area contributed by atoms with E-state index in [1.165, 1.54) is 44.9 Å². The molecule has 0 heterocycles. The fraction of sp³-hybridized carbons (Fsp3) is 0.660. The van der Waals surface area contributed by atoms with E-state index in [9.17, 15) is 19.0 Å². The number of phosphoric ester groups is 1. The molecule has 360 valence electrons. The summed E-state index contributed by atoms with van der Waals surface area (Å²) in [6, 6.07) is 0. The van der Waals surface area contributed by atoms with Gasteiger partial charge in [-0.3, -0.25) is 18.6 Å². The van der Waals surface area contributed by atoms with Crippen LogP contribution in [0.1, 0.15) is 194 Å². The zero-order valence-electron chi connectivity index (χ0n) is 39.8. The summed E-state index contributed by atoms with van der Waals surface area (Å²) in [5, 5.41) is 0. The number of esters is 2. The molecule has 0 spiro atoms. The van der Waals surface area contributed by atoms with Gasteiger partial charge in [0, 0.05) is 19.4 Å². The van der Waals surface area contributed by atoms with Crippen molar-refractivity contribution in [3.63, 3.8) is 0 Å². The summed E-state index contributed by atoms with van der Waals surface area (Å²) in [6.45, 7) is 3.56. The van der Waals surface area contributed by atoms with E-state index in [1.807, 2.05) is 0 Å². The summed E-state index contributed by atoms with van der Waals surface area (Å²) in [5.74, 6) is -0.861. The zero-order chi connectivity index (χ0) is 46.0. The molecular formula is C53H90NO8P. The predicted molar refractivity (Wildman–Crippen MR) is 265 cm³/mol. The standard InChI is InChI=1S/C53H90NO8P/c1-3-5-7-9-11-13-15-17-19-21-22-23-24-25-26-27-28-30-32-34-36-38-40-42-44-46-53(56)62-51(50-61-63(57,58)60-48-47-54)49-59-52(55)45-43-41-39-37-35-33-31-29-20-18-16-14-12-10-8-6-4-2/h5,7,11-14,17-20,22-23,25-26,28,30,51H,3-4,6,8-10,15-16,21,24,27,29,31-50,54H2,1-2H3,(H,57,58)/b7-5-,13-11-,14-12-,19-17-,20-18-,23-22-,26-25-,30-28-. The molecule has 0 amide bonds. The second kappa shape index (κ2) is 48.4. The highest BCUT2D eigenvalue weighted by Crippen LogP contribution is 2.43. The van der Waals surface area contributed by atoms with Gasteiger partial charge in [0.05, 0.1) is 13.2 Å². The Hall–Kier alpha value is -3.07. The van der Waals surface area contributed by atoms with E-state index in [4.69, 9.17) is 24.3 Å². The van der Waals surface area contributed by atoms with Crippen molar-refractivity contribution in [2.75, 3.05) is 26.4 Å². The maximum absolute atomic E-state index is 12.6. The Balaban J connectivity index is 4.15. The number of rotatable bonds is 45. The average molecular weight is 900 g/mol. The van der Waals surface area contributed by atoms with Gasteiger partial charge >= 0.3 is 19.8 Å². The zero-order valence-corrected chi connectivity index (χ0v) is 40.7. The maximum atomic E-state index is 12.6. The van der Waals surface area contributed by atoms with Gasteiger partial charge in [0.1, 0.15) is 6.61 Å². The van der Waals surface area contributed by atoms with E-state index in [0.717, 1.165) is 116 Å². The first-order valence-corrected chi connectivity index (χ1v) is 26.2. The van der Waals surface area contributed by atoms with Gasteiger partial charge in [-0.1, -0.05) is 182 Å². The number of hydrogen-bond acceptors (Lipinski definition) is 8. The predicted octanol–water partition coefficient (Wildman–Crippen LogP) is 14.9. The van der Waals surface area contributed by atoms with Crippen LogP contribution in [0.2, 0.25) is 0 Å². The number of nitrogens with two attached hydrogens (primary N) is 1. The van der Waals surface area contributed by atoms with Crippen molar-refractivity contribution >= 4 is 19.8 Å². The lowest BCUT2D eigenvalue weighted by molar-refractivity contribution is -0.161. The van der Waals surface area contributed by atoms with Gasteiger partial charge in [-0.15, -0.1) is 0 Å². The topological polar surface area (TPSA) is 134 Å². The number of hydrogen-bond donors (Lipinski definition) is 2. The van der Waals surface area contributed by atoms with Crippen LogP contribution in [0.15, 0.2) is 97.2 Å². The van der Waals surface area contributed by atoms with Crippen LogP contribution in [0.3, 0.4) is 0 Å². The highest BCUT2D eigenvalue weighted by molar-refractivity contribution is 7.47. The fourth-order valence-corrected chi connectivity index (χ4v) is 7.08. The van der Waals surface area contributed by atoms with Crippen LogP contribution in [-0.2, 0) is 32.7 Å². The number of unbranched alkanes of at least 4 members (excludes halogenated alkanes) is 16. The van der Waals surface area contributed by atoms with Crippen LogP contribution in [0, 0.1) is 0 Å². The minimum atomic E-state index is -4.39. The molecule has 0 saturated carbocycles. The lowest BCUT2D eigenvalue weighted by atomic mass is 10.1. The van der Waals surface area contributed by atoms with Crippen molar-refractivity contribution in [1.29, 1.82) is 0 Å². The Morgan fingerprint density at radius 1 is 0.492 bits per heavy atom. The normalized spacial score (nSPS) is 14.0. The molecule has 0 aromatic carbocycles. The third kappa shape index (κ3) is 48.2. The molecule has 0 aromatic rings. The fourth-order valence-electron chi connectivity index (χ4n) is 6.31. The lowest BCUT2D eigenvalue weighted by Crippen LogP contribution is -2.29. The minimum absolute atomic E-state index is 0.0442. The van der Waals surface area contributed by atoms with Gasteiger partial charge < -0.3 is 20.1 Å². The minimum Gasteiger partial charge on any atom is -0.462 e. The van der Waals surface area contributed by atoms with Crippen LogP contribution < -0.4 is 5.73 Å². The highest BCUT2D eigenvalue weighted by atomic mass is 31.2. The van der Waals surface area contributed by atoms with E-state index in [2.05, 4.69) is 111 Å². The molecule has 2 atom stereocenters. The van der Waals surface area contributed by atoms with Crippen LogP contribution in [0.5, 0.6) is 0 Å². The number of ether oxygens (including phenoxy) is 2. The Kier molecular flexibility index (Phi) is 46.0. The molecule has 0 fully saturated rings. The molecule has 10 heteroatoms. The molecule has 0 bridgehead atoms. The summed E-state index contributed by atoms with van der Waals surface area (Å²) in [5.41, 5.74) is 5.36. The molecule has 0 aliphatic heterocycles. The highest BCUT2D eigenvalue weighted by Gasteiger charge is 2.26. The summed E-state index contributed by atoms with van der Waals surface area (Å²) >= 11 is 0. The molecule has 0 radical (unpaired) electrons. The summed E-state index contributed by atoms with van der Waals surface area (Å²) in [7, 11) is -4.39. The smallest absolute Gasteiger partial charge is 0.462 e. The molecular weight excluding hydrogens is 810 g/mol. The SMILES string of the molecule is CC/C=C\C/C=C\C/C=C\C/C=C\C/C=C\C/C=C\CCCCCCCCC(=O)OC(COC(=O)CCCCCCCCC/C=C\C/C=C\CCCCC)COP(=O)(O)OCCN. The number of carbonyl (C=O) groups is 2. The number of carbonyl (C=O) groups excluding carboxylic acids is 2. The number of phosphoric acid groups is 1. The first-order valence-electron chi connectivity index (χ1n) is 24.7. The van der Waals surface area contributed by atoms with Gasteiger partial charge in [-0.25, -0.2) is 4.57 Å². The van der Waals surface area contributed by atoms with E-state index in [-0.39, 0.29) is 32.6 Å². The van der Waals surface area contributed by atoms with Crippen molar-refractivity contribution in [2.24, 2.45) is 5.73 Å². The third-order valence-corrected chi connectivity index (χ3v) is 10.9. The first-order chi connectivity index (χ1) is 30.8. The Morgan fingerprint density at radius 3 is 1.30 bits per heavy atom. The van der Waals surface area contributed by atoms with Crippen molar-refractivity contribution in [1.82, 2.24) is 0 Å². The van der Waals surface area contributed by atoms with Gasteiger partial charge in [-0.05, 0) is 96.3 Å². The monoisotopic (exact) mass is 900 g/mol. The second-order valence-electron chi connectivity index (χ2n) is 15.9. The van der Waals surface area contributed by atoms with Crippen LogP contribution in [0.4, 0.5) is 0 Å². The molecule has 0 aromatic heterocycles. The van der Waals surface area contributed by atoms with Crippen molar-refractivity contribution in [3.05, 3.63) is 97.2 Å². The molecule has 0 aliphatic carbocycles. The molecule has 2 unspecified atom stereocenters. The third-order valence-electron chi connectivity index (χ3n) is 9.95. The molecule has 0 saturated heterocycles. The average Bonchev–Trinajstić information content (AvgIpc) is 3.27. The Labute approximate surface area is 385 Å². The van der Waals surface area contributed by atoms with Gasteiger partial charge in [0.25, 0.3) is 0 Å². The molecule has 0 rings (SSSR count). The quantitative estimate of drug-likeness (QED) is 0.0265. The maximum Gasteiger partial charge on any atom is 0.472 e. The second-order valence-corrected chi connectivity index (χ2v) is 17.4. The van der Waals surface area contributed by atoms with E-state index >= 15 is 0 Å². The van der Waals surface area contributed by atoms with E-state index in [1.54, 1.807) is 0 Å². The largest absolute Gasteiger partial charge is 0.472 e. The van der Waals surface area contributed by atoms with Crippen molar-refractivity contribution in [3.8, 4) is 0 Å². The van der Waals surface area contributed by atoms with Crippen LogP contribution in [0.25, 0.3) is 0 Å². The summed E-state index contributed by atoms with van der Waals surface area (Å²) in [4.78, 5) is 35.0. The van der Waals surface area contributed by atoms with Crippen molar-refractivity contribution in [2.45, 2.75) is 200 Å². The molecule has 9 nitrogen and oxygen atoms in total.